The topological polar surface area (TPSA) is 120 Å². The molecule has 1 aromatic rings. The summed E-state index contributed by atoms with van der Waals surface area (Å²) < 4.78 is 10.6. The van der Waals surface area contributed by atoms with Gasteiger partial charge in [-0.05, 0) is 36.5 Å². The second-order valence-electron chi connectivity index (χ2n) is 9.59. The van der Waals surface area contributed by atoms with Crippen molar-refractivity contribution in [3.8, 4) is 0 Å². The maximum absolute atomic E-state index is 13.0. The van der Waals surface area contributed by atoms with Crippen LogP contribution in [0.5, 0.6) is 0 Å². The lowest BCUT2D eigenvalue weighted by Gasteiger charge is -2.31. The van der Waals surface area contributed by atoms with Crippen LogP contribution in [0.2, 0.25) is 5.02 Å². The molecule has 2 atom stereocenters. The largest absolute Gasteiger partial charge is 0.465 e. The highest BCUT2D eigenvalue weighted by atomic mass is 35.5. The first-order valence-corrected chi connectivity index (χ1v) is 13.2. The van der Waals surface area contributed by atoms with E-state index in [1.165, 1.54) is 38.3 Å². The molecule has 0 aromatic heterocycles. The average molecular weight is 541 g/mol. The lowest BCUT2D eigenvalue weighted by Crippen LogP contribution is -2.49. The van der Waals surface area contributed by atoms with Crippen LogP contribution in [-0.2, 0) is 9.47 Å². The Morgan fingerprint density at radius 2 is 1.89 bits per heavy atom. The van der Waals surface area contributed by atoms with Crippen LogP contribution < -0.4 is 10.6 Å². The highest BCUT2D eigenvalue weighted by Gasteiger charge is 2.24. The van der Waals surface area contributed by atoms with E-state index in [0.717, 1.165) is 24.8 Å². The molecule has 10 nitrogen and oxygen atoms in total. The lowest BCUT2D eigenvalue weighted by atomic mass is 9.84. The van der Waals surface area contributed by atoms with Crippen LogP contribution in [0.1, 0.15) is 56.6 Å². The molecule has 1 unspecified atom stereocenters. The van der Waals surface area contributed by atoms with Gasteiger partial charge in [0.05, 0.1) is 19.8 Å². The predicted molar refractivity (Wildman–Crippen MR) is 142 cm³/mol. The molecule has 1 aromatic carbocycles. The zero-order chi connectivity index (χ0) is 27.2. The fourth-order valence-corrected chi connectivity index (χ4v) is 4.79. The monoisotopic (exact) mass is 540 g/mol. The first-order chi connectivity index (χ1) is 17.7. The maximum Gasteiger partial charge on any atom is 0.407 e. The number of carbonyl (C=O) groups excluding carboxylic acids is 2. The molecule has 4 amide bonds. The van der Waals surface area contributed by atoms with Gasteiger partial charge in [0, 0.05) is 44.8 Å². The Morgan fingerprint density at radius 3 is 2.54 bits per heavy atom. The highest BCUT2D eigenvalue weighted by Crippen LogP contribution is 2.28. The normalized spacial score (nSPS) is 15.4. The Morgan fingerprint density at radius 1 is 1.16 bits per heavy atom. The van der Waals surface area contributed by atoms with Crippen molar-refractivity contribution in [2.24, 2.45) is 5.92 Å². The van der Waals surface area contributed by atoms with Gasteiger partial charge < -0.3 is 35.0 Å². The Balaban J connectivity index is 1.96. The van der Waals surface area contributed by atoms with Crippen molar-refractivity contribution in [2.75, 3.05) is 47.4 Å². The summed E-state index contributed by atoms with van der Waals surface area (Å²) in [4.78, 5) is 38.5. The number of carbonyl (C=O) groups is 3. The van der Waals surface area contributed by atoms with Crippen molar-refractivity contribution in [3.63, 3.8) is 0 Å². The van der Waals surface area contributed by atoms with E-state index in [0.29, 0.717) is 23.9 Å². The standard InChI is InChI=1S/C26H41ClN4O6/c1-30(24(32)29-22(18-31(2)26(34)35)16-19-8-5-4-6-9-19)14-12-23(20-10-7-11-21(27)17-20)37-15-13-28-25(33)36-3/h7,10-11,17,19,22-23H,4-6,8-9,12-16,18H2,1-3H3,(H,28,33)(H,29,32)(H,34,35)/t22-,23?/m0/s1. The Labute approximate surface area is 224 Å². The van der Waals surface area contributed by atoms with Crippen molar-refractivity contribution in [2.45, 2.75) is 57.1 Å². The Bertz CT molecular complexity index is 867. The number of nitrogens with zero attached hydrogens (tertiary/aromatic N) is 2. The number of methoxy groups -OCH3 is 1. The fraction of sp³-hybridized carbons (Fsp3) is 0.654. The lowest BCUT2D eigenvalue weighted by molar-refractivity contribution is 0.0438. The van der Waals surface area contributed by atoms with Gasteiger partial charge in [-0.1, -0.05) is 55.8 Å². The fourth-order valence-electron chi connectivity index (χ4n) is 4.59. The summed E-state index contributed by atoms with van der Waals surface area (Å²) in [6, 6.07) is 6.83. The van der Waals surface area contributed by atoms with E-state index in [1.807, 2.05) is 18.2 Å². The third-order valence-electron chi connectivity index (χ3n) is 6.66. The summed E-state index contributed by atoms with van der Waals surface area (Å²) in [5, 5.41) is 15.5. The minimum absolute atomic E-state index is 0.243. The van der Waals surface area contributed by atoms with Crippen LogP contribution in [0.3, 0.4) is 0 Å². The Kier molecular flexibility index (Phi) is 13.3. The molecule has 0 bridgehead atoms. The van der Waals surface area contributed by atoms with E-state index in [2.05, 4.69) is 15.4 Å². The SMILES string of the molecule is COC(=O)NCCOC(CCN(C)C(=O)N[C@@H](CC1CCCCC1)CN(C)C(=O)O)c1cccc(Cl)c1. The summed E-state index contributed by atoms with van der Waals surface area (Å²) in [6.07, 6.45) is 5.20. The predicted octanol–water partition coefficient (Wildman–Crippen LogP) is 4.73. The quantitative estimate of drug-likeness (QED) is 0.311. The van der Waals surface area contributed by atoms with Gasteiger partial charge in [-0.25, -0.2) is 14.4 Å². The highest BCUT2D eigenvalue weighted by molar-refractivity contribution is 6.30. The van der Waals surface area contributed by atoms with Crippen molar-refractivity contribution in [1.82, 2.24) is 20.4 Å². The molecule has 0 saturated heterocycles. The van der Waals surface area contributed by atoms with Gasteiger partial charge in [0.25, 0.3) is 0 Å². The van der Waals surface area contributed by atoms with E-state index in [4.69, 9.17) is 16.3 Å². The van der Waals surface area contributed by atoms with Crippen molar-refractivity contribution in [1.29, 1.82) is 0 Å². The molecule has 0 aliphatic heterocycles. The zero-order valence-corrected chi connectivity index (χ0v) is 22.8. The first kappa shape index (κ1) is 30.5. The molecule has 37 heavy (non-hydrogen) atoms. The number of hydrogen-bond donors (Lipinski definition) is 3. The van der Waals surface area contributed by atoms with Crippen molar-refractivity contribution in [3.05, 3.63) is 34.9 Å². The zero-order valence-electron chi connectivity index (χ0n) is 22.1. The molecular formula is C26H41ClN4O6. The van der Waals surface area contributed by atoms with Gasteiger partial charge in [0.1, 0.15) is 0 Å². The van der Waals surface area contributed by atoms with Crippen LogP contribution >= 0.6 is 11.6 Å². The van der Waals surface area contributed by atoms with Gasteiger partial charge in [-0.2, -0.15) is 0 Å². The van der Waals surface area contributed by atoms with E-state index in [-0.39, 0.29) is 37.9 Å². The van der Waals surface area contributed by atoms with Crippen LogP contribution in [0.4, 0.5) is 14.4 Å². The number of halogens is 1. The molecule has 0 spiro atoms. The number of alkyl carbamates (subject to hydrolysis) is 1. The number of benzene rings is 1. The number of ether oxygens (including phenoxy) is 2. The summed E-state index contributed by atoms with van der Waals surface area (Å²) in [5.74, 6) is 0.491. The molecule has 1 aliphatic rings. The van der Waals surface area contributed by atoms with Crippen molar-refractivity contribution >= 4 is 29.8 Å². The summed E-state index contributed by atoms with van der Waals surface area (Å²) in [7, 11) is 4.53. The number of rotatable bonds is 13. The molecule has 3 N–H and O–H groups in total. The van der Waals surface area contributed by atoms with Crippen LogP contribution in [0.25, 0.3) is 0 Å². The van der Waals surface area contributed by atoms with E-state index >= 15 is 0 Å². The van der Waals surface area contributed by atoms with Gasteiger partial charge in [-0.15, -0.1) is 0 Å². The number of nitrogens with one attached hydrogen (secondary N) is 2. The maximum atomic E-state index is 13.0. The van der Waals surface area contributed by atoms with E-state index in [1.54, 1.807) is 18.0 Å². The van der Waals surface area contributed by atoms with Crippen LogP contribution in [-0.4, -0.2) is 86.6 Å². The number of hydrogen-bond acceptors (Lipinski definition) is 5. The van der Waals surface area contributed by atoms with E-state index < -0.39 is 12.2 Å². The van der Waals surface area contributed by atoms with Gasteiger partial charge in [-0.3, -0.25) is 0 Å². The second kappa shape index (κ2) is 16.2. The molecule has 1 saturated carbocycles. The second-order valence-corrected chi connectivity index (χ2v) is 10.0. The molecular weight excluding hydrogens is 500 g/mol. The summed E-state index contributed by atoms with van der Waals surface area (Å²) in [5.41, 5.74) is 0.873. The van der Waals surface area contributed by atoms with E-state index in [9.17, 15) is 19.5 Å². The average Bonchev–Trinajstić information content (AvgIpc) is 2.88. The number of likely N-dealkylation sites (N-methyl/N-ethyl adjacent to an activating group) is 1. The molecule has 1 fully saturated rings. The van der Waals surface area contributed by atoms with Crippen LogP contribution in [0, 0.1) is 5.92 Å². The van der Waals surface area contributed by atoms with Gasteiger partial charge in [0.15, 0.2) is 0 Å². The Hall–Kier alpha value is -2.72. The summed E-state index contributed by atoms with van der Waals surface area (Å²) >= 11 is 6.18. The molecule has 2 rings (SSSR count). The molecule has 0 heterocycles. The first-order valence-electron chi connectivity index (χ1n) is 12.8. The van der Waals surface area contributed by atoms with Crippen LogP contribution in [0.15, 0.2) is 24.3 Å². The van der Waals surface area contributed by atoms with Crippen molar-refractivity contribution < 1.29 is 29.0 Å². The minimum atomic E-state index is -1.01. The molecule has 0 radical (unpaired) electrons. The molecule has 11 heteroatoms. The third-order valence-corrected chi connectivity index (χ3v) is 6.90. The summed E-state index contributed by atoms with van der Waals surface area (Å²) in [6.45, 7) is 1.18. The minimum Gasteiger partial charge on any atom is -0.465 e. The van der Waals surface area contributed by atoms with Gasteiger partial charge in [0.2, 0.25) is 0 Å². The third kappa shape index (κ3) is 11.5. The smallest absolute Gasteiger partial charge is 0.407 e. The van der Waals surface area contributed by atoms with Gasteiger partial charge >= 0.3 is 18.2 Å². The number of carboxylic acid groups (broad SMARTS) is 1. The molecule has 1 aliphatic carbocycles. The molecule has 208 valence electrons. The number of amides is 4. The number of urea groups is 1.